The third-order valence-electron chi connectivity index (χ3n) is 7.68. The van der Waals surface area contributed by atoms with E-state index in [4.69, 9.17) is 40.1 Å². The molecule has 2 aliphatic heterocycles. The van der Waals surface area contributed by atoms with Gasteiger partial charge in [0.25, 0.3) is 0 Å². The maximum Gasteiger partial charge on any atom is 0.410 e. The smallest absolute Gasteiger partial charge is 0.410 e. The summed E-state index contributed by atoms with van der Waals surface area (Å²) in [5.41, 5.74) is 0.667. The Morgan fingerprint density at radius 2 is 1.06 bits per heavy atom. The van der Waals surface area contributed by atoms with Gasteiger partial charge in [0.2, 0.25) is 6.08 Å². The molecule has 0 bridgehead atoms. The van der Waals surface area contributed by atoms with Gasteiger partial charge in [-0.1, -0.05) is 13.2 Å². The maximum atomic E-state index is 12.0. The lowest BCUT2D eigenvalue weighted by Gasteiger charge is -2.38. The van der Waals surface area contributed by atoms with E-state index >= 15 is 0 Å². The van der Waals surface area contributed by atoms with Crippen LogP contribution in [0.25, 0.3) is 0 Å². The summed E-state index contributed by atoms with van der Waals surface area (Å²) in [6, 6.07) is 1.90. The normalized spacial score (nSPS) is 16.8. The van der Waals surface area contributed by atoms with E-state index in [1.807, 2.05) is 0 Å². The molecule has 2 heterocycles. The van der Waals surface area contributed by atoms with Crippen LogP contribution in [0.1, 0.15) is 26.7 Å². The van der Waals surface area contributed by atoms with E-state index in [0.29, 0.717) is 43.6 Å². The molecule has 0 aromatic carbocycles. The van der Waals surface area contributed by atoms with Crippen LogP contribution in [0.15, 0.2) is 29.3 Å². The Morgan fingerprint density at radius 3 is 1.42 bits per heavy atom. The molecule has 2 aliphatic rings. The zero-order valence-corrected chi connectivity index (χ0v) is 47.1. The van der Waals surface area contributed by atoms with Crippen LogP contribution >= 0.6 is 0 Å². The molecule has 0 saturated carbocycles. The number of epoxide rings is 1. The van der Waals surface area contributed by atoms with Crippen LogP contribution in [-0.4, -0.2) is 157 Å². The number of isocyanates is 1. The molecule has 0 aromatic heterocycles. The third-order valence-corrected chi connectivity index (χ3v) is 26.9. The number of carbonyl (C=O) groups excluding carboxylic acids is 4. The van der Waals surface area contributed by atoms with Crippen molar-refractivity contribution < 1.29 is 64.1 Å². The highest BCUT2D eigenvalue weighted by Gasteiger charge is 2.41. The molecule has 0 aliphatic carbocycles. The minimum Gasteiger partial charge on any atom is -0.460 e. The van der Waals surface area contributed by atoms with Crippen LogP contribution in [0.3, 0.4) is 0 Å². The largest absolute Gasteiger partial charge is 0.460 e. The van der Waals surface area contributed by atoms with E-state index in [0.717, 1.165) is 44.8 Å². The average molecular weight is 984 g/mol. The first kappa shape index (κ1) is 60.1. The number of cyclic esters (lactones) is 1. The first-order valence-corrected chi connectivity index (χ1v) is 40.2. The number of carbonyl (C=O) groups is 3. The molecule has 0 aromatic rings. The van der Waals surface area contributed by atoms with Gasteiger partial charge in [-0.2, -0.15) is 0 Å². The molecule has 16 nitrogen and oxygen atoms in total. The van der Waals surface area contributed by atoms with Gasteiger partial charge in [0.05, 0.1) is 39.5 Å². The SMILES string of the molecule is C=C(C)C(=O)OCCN1CC(COCCC[Si](C)(O[Si](C)(C)C)O[Si](C)(C)C)OC1=O.C=C(C)C(=O)OCCN=C=O.C[Si](C)(C)O[Si](C)(CCCOCC1CO1)O[Si](C)(C)C. The molecule has 0 spiro atoms. The Kier molecular flexibility index (Phi) is 27.3. The third kappa shape index (κ3) is 33.6. The number of esters is 2. The molecule has 2 unspecified atom stereocenters. The van der Waals surface area contributed by atoms with E-state index in [-0.39, 0.29) is 25.9 Å². The quantitative estimate of drug-likeness (QED) is 0.0107. The van der Waals surface area contributed by atoms with Gasteiger partial charge in [0.1, 0.15) is 25.4 Å². The number of amides is 1. The van der Waals surface area contributed by atoms with E-state index in [1.54, 1.807) is 13.8 Å². The molecule has 0 N–H and O–H groups in total. The van der Waals surface area contributed by atoms with Crippen molar-refractivity contribution in [1.29, 1.82) is 0 Å². The number of ether oxygens (including phenoxy) is 6. The lowest BCUT2D eigenvalue weighted by molar-refractivity contribution is -0.139. The van der Waals surface area contributed by atoms with Crippen molar-refractivity contribution in [2.75, 3.05) is 65.9 Å². The van der Waals surface area contributed by atoms with E-state index in [9.17, 15) is 19.2 Å². The highest BCUT2D eigenvalue weighted by molar-refractivity contribution is 6.88. The van der Waals surface area contributed by atoms with Gasteiger partial charge in [-0.05, 0) is 130 Å². The molecular formula is C40H82N2O14Si6. The molecule has 62 heavy (non-hydrogen) atoms. The van der Waals surface area contributed by atoms with Crippen molar-refractivity contribution in [2.45, 2.75) is 143 Å². The van der Waals surface area contributed by atoms with Gasteiger partial charge in [-0.15, -0.1) is 0 Å². The Balaban J connectivity index is 0.00000102. The molecule has 2 saturated heterocycles. The van der Waals surface area contributed by atoms with Crippen LogP contribution in [0.4, 0.5) is 4.79 Å². The summed E-state index contributed by atoms with van der Waals surface area (Å²) in [5, 5.41) is 0. The molecular weight excluding hydrogens is 901 g/mol. The zero-order chi connectivity index (χ0) is 48.0. The van der Waals surface area contributed by atoms with Crippen molar-refractivity contribution in [1.82, 2.24) is 4.90 Å². The minimum absolute atomic E-state index is 0.0981. The topological polar surface area (TPSA) is 179 Å². The number of hydrogen-bond acceptors (Lipinski definition) is 15. The highest BCUT2D eigenvalue weighted by atomic mass is 28.5. The molecule has 2 atom stereocenters. The van der Waals surface area contributed by atoms with Crippen molar-refractivity contribution in [3.8, 4) is 0 Å². The van der Waals surface area contributed by atoms with E-state index < -0.39 is 68.4 Å². The fourth-order valence-electron chi connectivity index (χ4n) is 5.99. The Labute approximate surface area is 379 Å². The molecule has 0 radical (unpaired) electrons. The average Bonchev–Trinajstić information content (AvgIpc) is 3.83. The predicted octanol–water partition coefficient (Wildman–Crippen LogP) is 8.12. The minimum atomic E-state index is -2.25. The van der Waals surface area contributed by atoms with Gasteiger partial charge < -0.3 is 49.8 Å². The Bertz CT molecular complexity index is 1420. The number of hydrogen-bond donors (Lipinski definition) is 0. The molecule has 2 fully saturated rings. The number of rotatable bonds is 28. The number of aliphatic imine (C=N–C) groups is 1. The van der Waals surface area contributed by atoms with E-state index in [1.165, 1.54) is 11.0 Å². The van der Waals surface area contributed by atoms with Crippen LogP contribution < -0.4 is 0 Å². The Morgan fingerprint density at radius 1 is 0.677 bits per heavy atom. The summed E-state index contributed by atoms with van der Waals surface area (Å²) in [6.07, 6.45) is 2.83. The molecule has 1 amide bonds. The maximum absolute atomic E-state index is 12.0. The summed E-state index contributed by atoms with van der Waals surface area (Å²) in [7, 11) is -10.9. The van der Waals surface area contributed by atoms with Crippen LogP contribution in [0.5, 0.6) is 0 Å². The van der Waals surface area contributed by atoms with Crippen molar-refractivity contribution in [3.05, 3.63) is 24.3 Å². The summed E-state index contributed by atoms with van der Waals surface area (Å²) in [5.74, 6) is -0.926. The van der Waals surface area contributed by atoms with Crippen LogP contribution in [0.2, 0.25) is 104 Å². The predicted molar refractivity (Wildman–Crippen MR) is 258 cm³/mol. The van der Waals surface area contributed by atoms with Crippen molar-refractivity contribution in [2.24, 2.45) is 4.99 Å². The lowest BCUT2D eigenvalue weighted by Crippen LogP contribution is -2.52. The first-order chi connectivity index (χ1) is 28.3. The lowest BCUT2D eigenvalue weighted by atomic mass is 10.3. The second kappa shape index (κ2) is 28.2. The molecule has 2 rings (SSSR count). The van der Waals surface area contributed by atoms with Crippen molar-refractivity contribution in [3.63, 3.8) is 0 Å². The summed E-state index contributed by atoms with van der Waals surface area (Å²) in [4.78, 5) is 48.2. The second-order valence-electron chi connectivity index (χ2n) is 19.7. The Hall–Kier alpha value is -1.91. The van der Waals surface area contributed by atoms with Gasteiger partial charge in [0.15, 0.2) is 33.3 Å². The zero-order valence-electron chi connectivity index (χ0n) is 41.1. The fraction of sp³-hybridized carbons (Fsp3) is 0.800. The second-order valence-corrected chi connectivity index (χ2v) is 45.4. The van der Waals surface area contributed by atoms with Gasteiger partial charge in [0, 0.05) is 24.4 Å². The summed E-state index contributed by atoms with van der Waals surface area (Å²) >= 11 is 0. The number of nitrogens with zero attached hydrogens (tertiary/aromatic N) is 2. The fourth-order valence-corrected chi connectivity index (χ4v) is 31.0. The van der Waals surface area contributed by atoms with Gasteiger partial charge in [-0.3, -0.25) is 0 Å². The van der Waals surface area contributed by atoms with Gasteiger partial charge >= 0.3 is 35.2 Å². The highest BCUT2D eigenvalue weighted by Crippen LogP contribution is 2.27. The van der Waals surface area contributed by atoms with Crippen LogP contribution in [-0.2, 0) is 59.3 Å². The van der Waals surface area contributed by atoms with Crippen molar-refractivity contribution >= 4 is 74.5 Å². The standard InChI is InChI=1S/C20H41NO7Si3.C13H32O4Si3.C7H9NO3/c1-17(2)19(22)25-13-11-21-15-18(26-20(21)23)16-24-12-10-14-31(9,27-29(3,4)5)28-30(6,7)8;1-18(2,3)16-20(7,17-19(4,5)6)10-8-9-14-11-13-12-15-13;1-6(2)7(10)11-4-3-8-5-9/h18H,1,10-16H2,2-9H3;13H,8-12H2,1-7H3;1,3-4H2,2H3. The first-order valence-electron chi connectivity index (χ1n) is 21.5. The molecule has 360 valence electrons. The van der Waals surface area contributed by atoms with Crippen LogP contribution in [0, 0.1) is 0 Å². The van der Waals surface area contributed by atoms with E-state index in [2.05, 4.69) is 115 Å². The summed E-state index contributed by atoms with van der Waals surface area (Å²) in [6.45, 7) is 45.4. The summed E-state index contributed by atoms with van der Waals surface area (Å²) < 4.78 is 57.4. The molecule has 22 heteroatoms. The monoisotopic (exact) mass is 982 g/mol. The van der Waals surface area contributed by atoms with Gasteiger partial charge in [-0.25, -0.2) is 24.2 Å².